The van der Waals surface area contributed by atoms with E-state index in [0.717, 1.165) is 18.4 Å². The maximum Gasteiger partial charge on any atom is 0.407 e. The summed E-state index contributed by atoms with van der Waals surface area (Å²) < 4.78 is 5.16. The molecule has 1 aromatic rings. The molecule has 0 spiro atoms. The summed E-state index contributed by atoms with van der Waals surface area (Å²) in [5.41, 5.74) is 0.968. The van der Waals surface area contributed by atoms with E-state index in [2.05, 4.69) is 5.32 Å². The fourth-order valence-electron chi connectivity index (χ4n) is 2.36. The Hall–Kier alpha value is -1.55. The van der Waals surface area contributed by atoms with Gasteiger partial charge in [-0.1, -0.05) is 37.3 Å². The van der Waals surface area contributed by atoms with Gasteiger partial charge in [0.15, 0.2) is 0 Å². The number of aliphatic hydroxyl groups is 1. The molecule has 1 saturated carbocycles. The first-order valence-corrected chi connectivity index (χ1v) is 6.80. The first-order valence-electron chi connectivity index (χ1n) is 6.80. The lowest BCUT2D eigenvalue weighted by molar-refractivity contribution is 0.0602. The molecule has 3 atom stereocenters. The number of carbonyl (C=O) groups excluding carboxylic acids is 1. The summed E-state index contributed by atoms with van der Waals surface area (Å²) in [4.78, 5) is 11.7. The van der Waals surface area contributed by atoms with E-state index in [-0.39, 0.29) is 18.8 Å². The smallest absolute Gasteiger partial charge is 0.407 e. The third kappa shape index (κ3) is 4.24. The number of hydrogen-bond acceptors (Lipinski definition) is 3. The predicted octanol–water partition coefficient (Wildman–Crippen LogP) is 2.46. The molecular formula is C15H21NO3. The van der Waals surface area contributed by atoms with Crippen molar-refractivity contribution in [2.24, 2.45) is 5.92 Å². The third-order valence-corrected chi connectivity index (χ3v) is 3.69. The summed E-state index contributed by atoms with van der Waals surface area (Å²) in [5, 5.41) is 12.6. The van der Waals surface area contributed by atoms with Gasteiger partial charge in [-0.3, -0.25) is 0 Å². The molecule has 1 fully saturated rings. The molecule has 104 valence electrons. The van der Waals surface area contributed by atoms with Gasteiger partial charge in [0.2, 0.25) is 0 Å². The Kier molecular flexibility index (Phi) is 4.80. The highest BCUT2D eigenvalue weighted by atomic mass is 16.5. The number of alkyl carbamates (subject to hydrolysis) is 1. The minimum absolute atomic E-state index is 0.0227. The molecule has 1 aromatic carbocycles. The van der Waals surface area contributed by atoms with Crippen LogP contribution in [0.5, 0.6) is 0 Å². The summed E-state index contributed by atoms with van der Waals surface area (Å²) in [6, 6.07) is 9.60. The number of rotatable bonds is 3. The van der Waals surface area contributed by atoms with E-state index in [4.69, 9.17) is 4.74 Å². The van der Waals surface area contributed by atoms with Crippen LogP contribution in [-0.2, 0) is 11.3 Å². The topological polar surface area (TPSA) is 58.6 Å². The van der Waals surface area contributed by atoms with Crippen molar-refractivity contribution < 1.29 is 14.6 Å². The average Bonchev–Trinajstić information content (AvgIpc) is 2.42. The van der Waals surface area contributed by atoms with E-state index in [1.807, 2.05) is 37.3 Å². The lowest BCUT2D eigenvalue weighted by Gasteiger charge is -2.31. The molecule has 0 heterocycles. The van der Waals surface area contributed by atoms with Crippen molar-refractivity contribution in [3.05, 3.63) is 35.9 Å². The van der Waals surface area contributed by atoms with Gasteiger partial charge in [-0.2, -0.15) is 0 Å². The first-order chi connectivity index (χ1) is 9.15. The lowest BCUT2D eigenvalue weighted by Crippen LogP contribution is -2.42. The molecule has 19 heavy (non-hydrogen) atoms. The van der Waals surface area contributed by atoms with Crippen molar-refractivity contribution in [1.82, 2.24) is 5.32 Å². The number of amides is 1. The number of aliphatic hydroxyl groups excluding tert-OH is 1. The highest BCUT2D eigenvalue weighted by Crippen LogP contribution is 2.24. The Morgan fingerprint density at radius 1 is 1.37 bits per heavy atom. The van der Waals surface area contributed by atoms with Gasteiger partial charge in [0, 0.05) is 6.04 Å². The minimum Gasteiger partial charge on any atom is -0.445 e. The summed E-state index contributed by atoms with van der Waals surface area (Å²) >= 11 is 0. The molecule has 0 aromatic heterocycles. The molecule has 1 aliphatic carbocycles. The van der Waals surface area contributed by atoms with Crippen LogP contribution in [0.2, 0.25) is 0 Å². The molecule has 4 nitrogen and oxygen atoms in total. The van der Waals surface area contributed by atoms with Crippen LogP contribution in [0.3, 0.4) is 0 Å². The molecule has 0 radical (unpaired) electrons. The van der Waals surface area contributed by atoms with Crippen molar-refractivity contribution in [2.45, 2.75) is 44.9 Å². The Bertz CT molecular complexity index is 407. The molecule has 0 aliphatic heterocycles. The maximum atomic E-state index is 11.7. The van der Waals surface area contributed by atoms with Crippen LogP contribution in [0.15, 0.2) is 30.3 Å². The van der Waals surface area contributed by atoms with E-state index in [9.17, 15) is 9.90 Å². The standard InChI is InChI=1S/C15H21NO3/c1-11-7-8-13(9-14(11)17)16-15(18)19-10-12-5-3-2-4-6-12/h2-6,11,13-14,17H,7-10H2,1H3,(H,16,18)/t11-,13-,14-/m0/s1. The zero-order chi connectivity index (χ0) is 13.7. The van der Waals surface area contributed by atoms with Gasteiger partial charge < -0.3 is 15.2 Å². The largest absolute Gasteiger partial charge is 0.445 e. The highest BCUT2D eigenvalue weighted by molar-refractivity contribution is 5.67. The third-order valence-electron chi connectivity index (χ3n) is 3.69. The minimum atomic E-state index is -0.407. The van der Waals surface area contributed by atoms with Crippen molar-refractivity contribution in [2.75, 3.05) is 0 Å². The van der Waals surface area contributed by atoms with E-state index in [1.165, 1.54) is 0 Å². The molecule has 0 unspecified atom stereocenters. The second-order valence-corrected chi connectivity index (χ2v) is 5.26. The first kappa shape index (κ1) is 13.9. The Balaban J connectivity index is 1.73. The molecule has 1 amide bonds. The summed E-state index contributed by atoms with van der Waals surface area (Å²) in [7, 11) is 0. The number of ether oxygens (including phenoxy) is 1. The molecule has 0 saturated heterocycles. The Labute approximate surface area is 113 Å². The van der Waals surface area contributed by atoms with Crippen molar-refractivity contribution in [3.8, 4) is 0 Å². The van der Waals surface area contributed by atoms with E-state index in [0.29, 0.717) is 12.3 Å². The highest BCUT2D eigenvalue weighted by Gasteiger charge is 2.27. The number of carbonyl (C=O) groups is 1. The van der Waals surface area contributed by atoms with E-state index < -0.39 is 6.09 Å². The number of hydrogen-bond donors (Lipinski definition) is 2. The molecular weight excluding hydrogens is 242 g/mol. The number of nitrogens with one attached hydrogen (secondary N) is 1. The molecule has 4 heteroatoms. The summed E-state index contributed by atoms with van der Waals surface area (Å²) in [6.45, 7) is 2.31. The summed E-state index contributed by atoms with van der Waals surface area (Å²) in [5.74, 6) is 0.318. The van der Waals surface area contributed by atoms with Gasteiger partial charge in [-0.05, 0) is 30.7 Å². The predicted molar refractivity (Wildman–Crippen MR) is 72.6 cm³/mol. The fourth-order valence-corrected chi connectivity index (χ4v) is 2.36. The normalized spacial score (nSPS) is 26.7. The molecule has 2 N–H and O–H groups in total. The van der Waals surface area contributed by atoms with Gasteiger partial charge in [-0.25, -0.2) is 4.79 Å². The lowest BCUT2D eigenvalue weighted by atomic mass is 9.85. The zero-order valence-electron chi connectivity index (χ0n) is 11.2. The SMILES string of the molecule is C[C@H]1CC[C@H](NC(=O)OCc2ccccc2)C[C@@H]1O. The number of benzene rings is 1. The van der Waals surface area contributed by atoms with Crippen LogP contribution in [0.1, 0.15) is 31.7 Å². The van der Waals surface area contributed by atoms with Crippen molar-refractivity contribution in [3.63, 3.8) is 0 Å². The second kappa shape index (κ2) is 6.57. The van der Waals surface area contributed by atoms with Crippen LogP contribution in [-0.4, -0.2) is 23.3 Å². The summed E-state index contributed by atoms with van der Waals surface area (Å²) in [6.07, 6.45) is 1.72. The quantitative estimate of drug-likeness (QED) is 0.880. The van der Waals surface area contributed by atoms with Crippen LogP contribution in [0.25, 0.3) is 0 Å². The molecule has 2 rings (SSSR count). The van der Waals surface area contributed by atoms with Crippen LogP contribution >= 0.6 is 0 Å². The van der Waals surface area contributed by atoms with Gasteiger partial charge >= 0.3 is 6.09 Å². The van der Waals surface area contributed by atoms with Gasteiger partial charge in [0.05, 0.1) is 6.10 Å². The van der Waals surface area contributed by atoms with Crippen LogP contribution in [0.4, 0.5) is 4.79 Å². The van der Waals surface area contributed by atoms with Crippen molar-refractivity contribution >= 4 is 6.09 Å². The van der Waals surface area contributed by atoms with Gasteiger partial charge in [0.1, 0.15) is 6.61 Å². The van der Waals surface area contributed by atoms with E-state index >= 15 is 0 Å². The zero-order valence-corrected chi connectivity index (χ0v) is 11.2. The van der Waals surface area contributed by atoms with Crippen LogP contribution in [0, 0.1) is 5.92 Å². The van der Waals surface area contributed by atoms with Gasteiger partial charge in [-0.15, -0.1) is 0 Å². The van der Waals surface area contributed by atoms with Gasteiger partial charge in [0.25, 0.3) is 0 Å². The monoisotopic (exact) mass is 263 g/mol. The Morgan fingerprint density at radius 3 is 2.79 bits per heavy atom. The Morgan fingerprint density at radius 2 is 2.11 bits per heavy atom. The molecule has 1 aliphatic rings. The molecule has 0 bridgehead atoms. The van der Waals surface area contributed by atoms with Crippen LogP contribution < -0.4 is 5.32 Å². The maximum absolute atomic E-state index is 11.7. The van der Waals surface area contributed by atoms with E-state index in [1.54, 1.807) is 0 Å². The van der Waals surface area contributed by atoms with Crippen molar-refractivity contribution in [1.29, 1.82) is 0 Å². The fraction of sp³-hybridized carbons (Fsp3) is 0.533. The second-order valence-electron chi connectivity index (χ2n) is 5.26. The average molecular weight is 263 g/mol.